The molecule has 0 aromatic heterocycles. The van der Waals surface area contributed by atoms with Crippen molar-refractivity contribution >= 4 is 5.97 Å². The maximum Gasteiger partial charge on any atom is 0.302 e. The largest absolute Gasteiger partial charge is 0.462 e. The van der Waals surface area contributed by atoms with E-state index in [4.69, 9.17) is 10.00 Å². The van der Waals surface area contributed by atoms with Gasteiger partial charge in [-0.05, 0) is 148 Å². The lowest BCUT2D eigenvalue weighted by atomic mass is 9.50. The fourth-order valence-corrected chi connectivity index (χ4v) is 13.2. The Labute approximate surface area is 310 Å². The van der Waals surface area contributed by atoms with Gasteiger partial charge in [-0.15, -0.1) is 0 Å². The highest BCUT2D eigenvalue weighted by atomic mass is 16.5. The highest BCUT2D eigenvalue weighted by Crippen LogP contribution is 2.64. The van der Waals surface area contributed by atoms with Crippen molar-refractivity contribution in [2.75, 3.05) is 0 Å². The molecule has 0 heterocycles. The number of rotatable bonds is 7. The highest BCUT2D eigenvalue weighted by Gasteiger charge is 2.59. The number of hydrogen-bond donors (Lipinski definition) is 2. The number of nitriles is 2. The molecule has 0 aliphatic heterocycles. The third kappa shape index (κ3) is 7.49. The summed E-state index contributed by atoms with van der Waals surface area (Å²) in [5.41, 5.74) is 3.12. The minimum absolute atomic E-state index is 0.00323. The van der Waals surface area contributed by atoms with Crippen molar-refractivity contribution in [1.29, 1.82) is 10.5 Å². The average molecular weight is 703 g/mol. The number of nitrogens with zero attached hydrogens (tertiary/aromatic N) is 2. The van der Waals surface area contributed by atoms with E-state index >= 15 is 0 Å². The molecule has 0 amide bonds. The van der Waals surface area contributed by atoms with Gasteiger partial charge in [0.2, 0.25) is 0 Å². The number of esters is 1. The van der Waals surface area contributed by atoms with Crippen molar-refractivity contribution in [3.8, 4) is 12.1 Å². The van der Waals surface area contributed by atoms with E-state index in [-0.39, 0.29) is 51.9 Å². The summed E-state index contributed by atoms with van der Waals surface area (Å²) in [7, 11) is 0. The van der Waals surface area contributed by atoms with E-state index in [9.17, 15) is 20.3 Å². The first-order chi connectivity index (χ1) is 24.0. The van der Waals surface area contributed by atoms with Crippen LogP contribution in [0.2, 0.25) is 0 Å². The van der Waals surface area contributed by atoms with E-state index in [0.29, 0.717) is 42.4 Å². The molecule has 0 aromatic rings. The fraction of sp³-hybridized carbons (Fsp3) is 0.844. The molecule has 6 aliphatic rings. The van der Waals surface area contributed by atoms with Crippen LogP contribution in [0.25, 0.3) is 0 Å². The molecule has 6 heteroatoms. The molecule has 6 nitrogen and oxygen atoms in total. The van der Waals surface area contributed by atoms with Crippen LogP contribution in [-0.4, -0.2) is 34.5 Å². The number of carbonyl (C=O) groups is 1. The molecule has 0 bridgehead atoms. The highest BCUT2D eigenvalue weighted by molar-refractivity contribution is 5.66. The van der Waals surface area contributed by atoms with Crippen LogP contribution in [0.15, 0.2) is 24.3 Å². The van der Waals surface area contributed by atoms with E-state index in [0.717, 1.165) is 89.4 Å². The summed E-state index contributed by atoms with van der Waals surface area (Å²) in [4.78, 5) is 12.0. The summed E-state index contributed by atoms with van der Waals surface area (Å²) in [6.07, 6.45) is 17.5. The molecule has 0 spiro atoms. The summed E-state index contributed by atoms with van der Waals surface area (Å²) in [5, 5.41) is 39.6. The molecule has 6 aliphatic carbocycles. The standard InChI is InChI=1S/C24H37NO2.C21H33NO2/c1-16-10-12-24(5,19(15-16)7-6-14-25)21-11-13-23(4)17(2)8-9-20(23)22(21)27-18(3)26;1-14-6-7-17-19(24)18(9-11-20(14,17)2)21(3)10-8-16(23)13-15(21)5-4-12-22/h16,19-22H,2,6-13,15H2,1,3-5H3;15-19,23-24H,1,4-11,13H2,2-3H3/t16-,19-,20-,21-,22-,23+,24-;15-,16-,17-,18-,19-,20+,21-/m00/s1. The first kappa shape index (κ1) is 40.0. The zero-order chi connectivity index (χ0) is 37.4. The maximum atomic E-state index is 12.0. The number of fused-ring (bicyclic) bond motifs is 2. The molecule has 284 valence electrons. The second-order valence-corrected chi connectivity index (χ2v) is 19.3. The monoisotopic (exact) mass is 703 g/mol. The van der Waals surface area contributed by atoms with Crippen molar-refractivity contribution in [3.63, 3.8) is 0 Å². The Morgan fingerprint density at radius 2 is 1.25 bits per heavy atom. The lowest BCUT2D eigenvalue weighted by Crippen LogP contribution is -2.53. The van der Waals surface area contributed by atoms with Crippen LogP contribution in [0, 0.1) is 85.7 Å². The topological polar surface area (TPSA) is 114 Å². The van der Waals surface area contributed by atoms with Crippen LogP contribution in [-0.2, 0) is 9.53 Å². The number of aliphatic hydroxyl groups excluding tert-OH is 2. The smallest absolute Gasteiger partial charge is 0.302 e. The van der Waals surface area contributed by atoms with Gasteiger partial charge in [-0.3, -0.25) is 4.79 Å². The van der Waals surface area contributed by atoms with Gasteiger partial charge in [0.25, 0.3) is 0 Å². The van der Waals surface area contributed by atoms with E-state index in [1.54, 1.807) is 6.92 Å². The van der Waals surface area contributed by atoms with Gasteiger partial charge >= 0.3 is 5.97 Å². The lowest BCUT2D eigenvalue weighted by molar-refractivity contribution is -0.172. The zero-order valence-corrected chi connectivity index (χ0v) is 33.0. The van der Waals surface area contributed by atoms with Gasteiger partial charge in [-0.25, -0.2) is 0 Å². The third-order valence-electron chi connectivity index (χ3n) is 16.8. The van der Waals surface area contributed by atoms with Crippen LogP contribution < -0.4 is 0 Å². The first-order valence-corrected chi connectivity index (χ1v) is 20.7. The molecular formula is C45H70N2O4. The second-order valence-electron chi connectivity index (χ2n) is 19.3. The molecule has 6 saturated carbocycles. The Hall–Kier alpha value is -2.15. The van der Waals surface area contributed by atoms with E-state index in [2.05, 4.69) is 59.9 Å². The van der Waals surface area contributed by atoms with Crippen LogP contribution in [0.4, 0.5) is 0 Å². The van der Waals surface area contributed by atoms with Gasteiger partial charge in [0.15, 0.2) is 0 Å². The Balaban J connectivity index is 0.000000199. The van der Waals surface area contributed by atoms with Gasteiger partial charge in [-0.2, -0.15) is 10.5 Å². The Morgan fingerprint density at radius 3 is 1.84 bits per heavy atom. The van der Waals surface area contributed by atoms with Crippen LogP contribution in [0.5, 0.6) is 0 Å². The van der Waals surface area contributed by atoms with E-state index in [1.165, 1.54) is 30.4 Å². The summed E-state index contributed by atoms with van der Waals surface area (Å²) < 4.78 is 6.08. The molecular weight excluding hydrogens is 633 g/mol. The number of hydrogen-bond acceptors (Lipinski definition) is 6. The Bertz CT molecular complexity index is 1380. The van der Waals surface area contributed by atoms with Crippen molar-refractivity contribution in [3.05, 3.63) is 24.3 Å². The van der Waals surface area contributed by atoms with Crippen LogP contribution in [0.1, 0.15) is 157 Å². The molecule has 2 N–H and O–H groups in total. The predicted octanol–water partition coefficient (Wildman–Crippen LogP) is 10.2. The zero-order valence-electron chi connectivity index (χ0n) is 33.0. The summed E-state index contributed by atoms with van der Waals surface area (Å²) >= 11 is 0. The summed E-state index contributed by atoms with van der Waals surface area (Å²) in [6.45, 7) is 22.0. The SMILES string of the molecule is C=C1CC[C@H]2[C@H](O)[C@@H]([C@@]3(C)CC[C@H](O)C[C@@H]3CCC#N)CC[C@]12C.C=C1CC[C@H]2[C@H](OC(C)=O)[C@@H]([C@@]3(C)CC[C@H](C)C[C@@H]3CCC#N)CC[C@]12C. The number of aliphatic hydroxyl groups is 2. The van der Waals surface area contributed by atoms with E-state index in [1.807, 2.05) is 0 Å². The minimum Gasteiger partial charge on any atom is -0.462 e. The Morgan fingerprint density at radius 1 is 0.745 bits per heavy atom. The molecule has 6 fully saturated rings. The molecule has 6 rings (SSSR count). The minimum atomic E-state index is -0.271. The fourth-order valence-electron chi connectivity index (χ4n) is 13.2. The van der Waals surface area contributed by atoms with Gasteiger partial charge in [-0.1, -0.05) is 65.3 Å². The lowest BCUT2D eigenvalue weighted by Gasteiger charge is -2.56. The quantitative estimate of drug-likeness (QED) is 0.202. The van der Waals surface area contributed by atoms with Gasteiger partial charge in [0.05, 0.1) is 24.3 Å². The van der Waals surface area contributed by atoms with Crippen molar-refractivity contribution in [2.45, 2.75) is 175 Å². The van der Waals surface area contributed by atoms with E-state index < -0.39 is 0 Å². The summed E-state index contributed by atoms with van der Waals surface area (Å²) in [6, 6.07) is 4.64. The first-order valence-electron chi connectivity index (χ1n) is 20.7. The van der Waals surface area contributed by atoms with Crippen molar-refractivity contribution in [1.82, 2.24) is 0 Å². The van der Waals surface area contributed by atoms with Crippen molar-refractivity contribution < 1.29 is 19.7 Å². The molecule has 0 unspecified atom stereocenters. The normalized spacial score (nSPS) is 46.5. The molecule has 0 radical (unpaired) electrons. The predicted molar refractivity (Wildman–Crippen MR) is 203 cm³/mol. The molecule has 51 heavy (non-hydrogen) atoms. The summed E-state index contributed by atoms with van der Waals surface area (Å²) in [5.74, 6) is 2.92. The molecule has 14 atom stereocenters. The van der Waals surface area contributed by atoms with Crippen LogP contribution >= 0.6 is 0 Å². The number of carbonyl (C=O) groups excluding carboxylic acids is 1. The van der Waals surface area contributed by atoms with Crippen LogP contribution in [0.3, 0.4) is 0 Å². The average Bonchev–Trinajstić information content (AvgIpc) is 3.56. The molecule has 0 saturated heterocycles. The number of allylic oxidation sites excluding steroid dienone is 2. The maximum absolute atomic E-state index is 12.0. The second kappa shape index (κ2) is 15.7. The Kier molecular flexibility index (Phi) is 12.3. The number of ether oxygens (including phenoxy) is 1. The van der Waals surface area contributed by atoms with Gasteiger partial charge in [0.1, 0.15) is 6.10 Å². The van der Waals surface area contributed by atoms with Gasteiger partial charge < -0.3 is 14.9 Å². The molecule has 0 aromatic carbocycles. The van der Waals surface area contributed by atoms with Gasteiger partial charge in [0, 0.05) is 31.6 Å². The third-order valence-corrected chi connectivity index (χ3v) is 16.8. The van der Waals surface area contributed by atoms with Crippen molar-refractivity contribution in [2.24, 2.45) is 63.1 Å².